The average molecular weight is 616 g/mol. The summed E-state index contributed by atoms with van der Waals surface area (Å²) in [5.41, 5.74) is 1.98. The zero-order valence-corrected chi connectivity index (χ0v) is 26.0. The average Bonchev–Trinajstić information content (AvgIpc) is 3.40. The second-order valence-electron chi connectivity index (χ2n) is 11.9. The van der Waals surface area contributed by atoms with Gasteiger partial charge >= 0.3 is 0 Å². The lowest BCUT2D eigenvalue weighted by Gasteiger charge is -2.40. The van der Waals surface area contributed by atoms with E-state index in [9.17, 15) is 13.5 Å². The second kappa shape index (κ2) is 13.2. The minimum absolute atomic E-state index is 0.121. The molecule has 0 bridgehead atoms. The Kier molecular flexibility index (Phi) is 9.79. The molecule has 1 saturated carbocycles. The van der Waals surface area contributed by atoms with Gasteiger partial charge in [0.2, 0.25) is 10.0 Å². The van der Waals surface area contributed by atoms with Crippen LogP contribution in [0.25, 0.3) is 0 Å². The zero-order chi connectivity index (χ0) is 29.0. The van der Waals surface area contributed by atoms with E-state index in [0.717, 1.165) is 64.6 Å². The summed E-state index contributed by atoms with van der Waals surface area (Å²) in [6, 6.07) is 25.3. The lowest BCUT2D eigenvalue weighted by Crippen LogP contribution is -2.46. The molecule has 41 heavy (non-hydrogen) atoms. The molecule has 1 saturated heterocycles. The van der Waals surface area contributed by atoms with E-state index in [1.807, 2.05) is 12.1 Å². The lowest BCUT2D eigenvalue weighted by molar-refractivity contribution is -0.0318. The number of piperidine rings is 1. The van der Waals surface area contributed by atoms with E-state index in [0.29, 0.717) is 10.9 Å². The fourth-order valence-corrected chi connectivity index (χ4v) is 8.47. The van der Waals surface area contributed by atoms with Crippen molar-refractivity contribution in [2.75, 3.05) is 26.7 Å². The quantitative estimate of drug-likeness (QED) is 0.266. The van der Waals surface area contributed by atoms with Gasteiger partial charge in [-0.15, -0.1) is 0 Å². The smallest absolute Gasteiger partial charge is 0.243 e. The summed E-state index contributed by atoms with van der Waals surface area (Å²) in [7, 11) is -2.04. The molecule has 3 atom stereocenters. The van der Waals surface area contributed by atoms with Crippen LogP contribution in [0.15, 0.2) is 83.8 Å². The molecule has 1 aliphatic carbocycles. The Labute approximate surface area is 255 Å². The first kappa shape index (κ1) is 30.5. The number of benzene rings is 3. The lowest BCUT2D eigenvalue weighted by atomic mass is 9.84. The molecule has 1 N–H and O–H groups in total. The third kappa shape index (κ3) is 7.35. The van der Waals surface area contributed by atoms with E-state index in [-0.39, 0.29) is 21.9 Å². The van der Waals surface area contributed by atoms with Gasteiger partial charge in [0, 0.05) is 32.7 Å². The normalized spacial score (nSPS) is 23.2. The van der Waals surface area contributed by atoms with E-state index in [1.165, 1.54) is 33.6 Å². The first-order valence-electron chi connectivity index (χ1n) is 14.6. The van der Waals surface area contributed by atoms with Gasteiger partial charge in [0.1, 0.15) is 0 Å². The van der Waals surface area contributed by atoms with Gasteiger partial charge in [0.15, 0.2) is 0 Å². The van der Waals surface area contributed by atoms with Gasteiger partial charge in [-0.3, -0.25) is 0 Å². The van der Waals surface area contributed by atoms with Crippen LogP contribution in [0.1, 0.15) is 55.6 Å². The molecule has 3 aromatic carbocycles. The number of sulfonamides is 1. The third-order valence-corrected chi connectivity index (χ3v) is 11.9. The summed E-state index contributed by atoms with van der Waals surface area (Å²) in [5, 5.41) is 11.9. The monoisotopic (exact) mass is 614 g/mol. The van der Waals surface area contributed by atoms with Gasteiger partial charge in [0.25, 0.3) is 0 Å². The number of aryl methyl sites for hydroxylation is 1. The topological polar surface area (TPSA) is 60.9 Å². The van der Waals surface area contributed by atoms with Gasteiger partial charge in [-0.05, 0) is 86.1 Å². The Bertz CT molecular complexity index is 1400. The highest BCUT2D eigenvalue weighted by atomic mass is 35.5. The fraction of sp³-hybridized carbons (Fsp3) is 0.455. The number of halogens is 2. The van der Waals surface area contributed by atoms with E-state index in [4.69, 9.17) is 23.2 Å². The molecule has 0 amide bonds. The number of nitrogens with zero attached hydrogens (tertiary/aromatic N) is 2. The maximum absolute atomic E-state index is 13.6. The van der Waals surface area contributed by atoms with Crippen LogP contribution in [0.3, 0.4) is 0 Å². The standard InChI is InChI=1S/C33H40Cl2N2O3S/c1-36(41(39,40)29-14-15-31(34)32(35)23-29)28-21-27(30(22-28)26-12-6-3-7-13-26)24-37-19-17-33(38,18-20-37)16-8-11-25-9-4-2-5-10-25/h2-7,9-10,12-15,23,27-28,30,38H,8,11,16-22,24H2,1H3. The number of likely N-dealkylation sites (tertiary alicyclic amines) is 1. The third-order valence-electron chi connectivity index (χ3n) is 9.21. The summed E-state index contributed by atoms with van der Waals surface area (Å²) < 4.78 is 28.6. The highest BCUT2D eigenvalue weighted by Gasteiger charge is 2.42. The predicted molar refractivity (Wildman–Crippen MR) is 167 cm³/mol. The van der Waals surface area contributed by atoms with E-state index in [2.05, 4.69) is 53.4 Å². The summed E-state index contributed by atoms with van der Waals surface area (Å²) in [6.07, 6.45) is 5.91. The van der Waals surface area contributed by atoms with Crippen molar-refractivity contribution in [1.82, 2.24) is 9.21 Å². The molecule has 220 valence electrons. The maximum atomic E-state index is 13.6. The molecule has 8 heteroatoms. The number of hydrogen-bond acceptors (Lipinski definition) is 4. The molecule has 5 nitrogen and oxygen atoms in total. The molecule has 1 heterocycles. The summed E-state index contributed by atoms with van der Waals surface area (Å²) in [6.45, 7) is 2.63. The SMILES string of the molecule is CN(C1CC(CN2CCC(O)(CCCc3ccccc3)CC2)C(c2ccccc2)C1)S(=O)(=O)c1ccc(Cl)c(Cl)c1. The van der Waals surface area contributed by atoms with Crippen LogP contribution in [0.5, 0.6) is 0 Å². The van der Waals surface area contributed by atoms with Crippen LogP contribution >= 0.6 is 23.2 Å². The molecule has 0 spiro atoms. The van der Waals surface area contributed by atoms with Crippen molar-refractivity contribution in [2.45, 2.75) is 67.4 Å². The molecule has 0 radical (unpaired) electrons. The molecule has 0 aromatic heterocycles. The number of hydrogen-bond donors (Lipinski definition) is 1. The summed E-state index contributed by atoms with van der Waals surface area (Å²) in [4.78, 5) is 2.64. The van der Waals surface area contributed by atoms with E-state index >= 15 is 0 Å². The van der Waals surface area contributed by atoms with E-state index in [1.54, 1.807) is 7.05 Å². The summed E-state index contributed by atoms with van der Waals surface area (Å²) >= 11 is 12.2. The van der Waals surface area contributed by atoms with Gasteiger partial charge < -0.3 is 10.0 Å². The van der Waals surface area contributed by atoms with Crippen molar-refractivity contribution >= 4 is 33.2 Å². The van der Waals surface area contributed by atoms with Crippen molar-refractivity contribution in [3.63, 3.8) is 0 Å². The Hall–Kier alpha value is -1.93. The number of rotatable bonds is 10. The first-order chi connectivity index (χ1) is 19.6. The van der Waals surface area contributed by atoms with Crippen LogP contribution < -0.4 is 0 Å². The van der Waals surface area contributed by atoms with Crippen LogP contribution in [-0.4, -0.2) is 61.1 Å². The highest BCUT2D eigenvalue weighted by Crippen LogP contribution is 2.44. The molecule has 3 aromatic rings. The largest absolute Gasteiger partial charge is 0.390 e. The first-order valence-corrected chi connectivity index (χ1v) is 16.8. The van der Waals surface area contributed by atoms with E-state index < -0.39 is 15.6 Å². The molecule has 3 unspecified atom stereocenters. The van der Waals surface area contributed by atoms with Crippen LogP contribution in [0, 0.1) is 5.92 Å². The summed E-state index contributed by atoms with van der Waals surface area (Å²) in [5.74, 6) is 0.581. The Morgan fingerprint density at radius 3 is 2.24 bits per heavy atom. The van der Waals surface area contributed by atoms with Crippen LogP contribution in [0.2, 0.25) is 10.0 Å². The van der Waals surface area contributed by atoms with Gasteiger partial charge in [-0.25, -0.2) is 8.42 Å². The van der Waals surface area contributed by atoms with Crippen molar-refractivity contribution < 1.29 is 13.5 Å². The second-order valence-corrected chi connectivity index (χ2v) is 14.7. The fourth-order valence-electron chi connectivity index (χ4n) is 6.70. The molecule has 2 fully saturated rings. The molecule has 5 rings (SSSR count). The van der Waals surface area contributed by atoms with Crippen molar-refractivity contribution in [1.29, 1.82) is 0 Å². The number of aliphatic hydroxyl groups is 1. The minimum Gasteiger partial charge on any atom is -0.390 e. The Morgan fingerprint density at radius 1 is 0.927 bits per heavy atom. The van der Waals surface area contributed by atoms with Gasteiger partial charge in [-0.2, -0.15) is 4.31 Å². The van der Waals surface area contributed by atoms with Gasteiger partial charge in [-0.1, -0.05) is 83.9 Å². The molecular weight excluding hydrogens is 575 g/mol. The van der Waals surface area contributed by atoms with Crippen LogP contribution in [-0.2, 0) is 16.4 Å². The predicted octanol–water partition coefficient (Wildman–Crippen LogP) is 7.03. The Balaban J connectivity index is 1.23. The highest BCUT2D eigenvalue weighted by molar-refractivity contribution is 7.89. The van der Waals surface area contributed by atoms with Gasteiger partial charge in [0.05, 0.1) is 20.5 Å². The molecule has 2 aliphatic rings. The minimum atomic E-state index is -3.72. The molecule has 1 aliphatic heterocycles. The van der Waals surface area contributed by atoms with Crippen molar-refractivity contribution in [3.05, 3.63) is 100 Å². The maximum Gasteiger partial charge on any atom is 0.243 e. The Morgan fingerprint density at radius 2 is 1.59 bits per heavy atom. The van der Waals surface area contributed by atoms with Crippen molar-refractivity contribution in [2.24, 2.45) is 5.92 Å². The molecular formula is C33H40Cl2N2O3S. The van der Waals surface area contributed by atoms with Crippen LogP contribution in [0.4, 0.5) is 0 Å². The van der Waals surface area contributed by atoms with Crippen molar-refractivity contribution in [3.8, 4) is 0 Å². The zero-order valence-electron chi connectivity index (χ0n) is 23.6.